The molecule has 1 aliphatic carbocycles. The molecule has 142 valence electrons. The summed E-state index contributed by atoms with van der Waals surface area (Å²) in [4.78, 5) is 24.3. The SMILES string of the molecule is O=C(C1NNC2CCCCC21)N1CCC(c2ccc3cccnc3n2)CC1. The molecule has 0 radical (unpaired) electrons. The summed E-state index contributed by atoms with van der Waals surface area (Å²) in [6.07, 6.45) is 8.61. The second-order valence-corrected chi connectivity index (χ2v) is 8.21. The van der Waals surface area contributed by atoms with Crippen molar-refractivity contribution in [1.29, 1.82) is 0 Å². The van der Waals surface area contributed by atoms with Crippen molar-refractivity contribution >= 4 is 16.9 Å². The van der Waals surface area contributed by atoms with Gasteiger partial charge in [-0.25, -0.2) is 15.4 Å². The molecule has 4 heterocycles. The summed E-state index contributed by atoms with van der Waals surface area (Å²) in [5.74, 6) is 1.15. The topological polar surface area (TPSA) is 70.2 Å². The molecule has 27 heavy (non-hydrogen) atoms. The third-order valence-corrected chi connectivity index (χ3v) is 6.65. The third-order valence-electron chi connectivity index (χ3n) is 6.65. The van der Waals surface area contributed by atoms with Crippen LogP contribution in [0.2, 0.25) is 0 Å². The van der Waals surface area contributed by atoms with E-state index >= 15 is 0 Å². The molecule has 0 spiro atoms. The van der Waals surface area contributed by atoms with E-state index in [2.05, 4.69) is 32.9 Å². The van der Waals surface area contributed by atoms with Crippen molar-refractivity contribution in [2.75, 3.05) is 13.1 Å². The number of piperidine rings is 1. The van der Waals surface area contributed by atoms with E-state index in [4.69, 9.17) is 4.98 Å². The van der Waals surface area contributed by atoms with Crippen LogP contribution in [-0.2, 0) is 4.79 Å². The highest BCUT2D eigenvalue weighted by molar-refractivity contribution is 5.83. The lowest BCUT2D eigenvalue weighted by atomic mass is 9.81. The number of carbonyl (C=O) groups is 1. The number of hydrogen-bond donors (Lipinski definition) is 2. The first-order valence-electron chi connectivity index (χ1n) is 10.3. The number of carbonyl (C=O) groups excluding carboxylic acids is 1. The van der Waals surface area contributed by atoms with E-state index in [1.54, 1.807) is 6.20 Å². The maximum absolute atomic E-state index is 13.1. The normalized spacial score (nSPS) is 29.0. The van der Waals surface area contributed by atoms with Gasteiger partial charge in [-0.15, -0.1) is 0 Å². The summed E-state index contributed by atoms with van der Waals surface area (Å²) >= 11 is 0. The molecule has 2 N–H and O–H groups in total. The zero-order valence-corrected chi connectivity index (χ0v) is 15.6. The van der Waals surface area contributed by atoms with E-state index in [0.717, 1.165) is 49.1 Å². The first-order chi connectivity index (χ1) is 13.3. The maximum Gasteiger partial charge on any atom is 0.241 e. The molecule has 6 heteroatoms. The van der Waals surface area contributed by atoms with Crippen LogP contribution in [0.1, 0.15) is 50.1 Å². The summed E-state index contributed by atoms with van der Waals surface area (Å²) in [6.45, 7) is 1.64. The molecule has 3 unspecified atom stereocenters. The van der Waals surface area contributed by atoms with Crippen LogP contribution < -0.4 is 10.9 Å². The molecule has 3 atom stereocenters. The van der Waals surface area contributed by atoms with Crippen molar-refractivity contribution in [2.45, 2.75) is 56.5 Å². The van der Waals surface area contributed by atoms with Gasteiger partial charge in [-0.05, 0) is 49.9 Å². The van der Waals surface area contributed by atoms with Gasteiger partial charge in [-0.2, -0.15) is 0 Å². The first-order valence-corrected chi connectivity index (χ1v) is 10.3. The van der Waals surface area contributed by atoms with Gasteiger partial charge in [0.25, 0.3) is 0 Å². The van der Waals surface area contributed by atoms with E-state index in [0.29, 0.717) is 17.9 Å². The second kappa shape index (κ2) is 7.17. The van der Waals surface area contributed by atoms with Gasteiger partial charge in [0, 0.05) is 48.2 Å². The molecule has 6 nitrogen and oxygen atoms in total. The second-order valence-electron chi connectivity index (χ2n) is 8.21. The molecule has 3 aliphatic rings. The van der Waals surface area contributed by atoms with Crippen LogP contribution in [0.25, 0.3) is 11.0 Å². The maximum atomic E-state index is 13.1. The van der Waals surface area contributed by atoms with Crippen molar-refractivity contribution in [1.82, 2.24) is 25.7 Å². The minimum atomic E-state index is -0.0464. The van der Waals surface area contributed by atoms with E-state index in [1.807, 2.05) is 12.1 Å². The zero-order valence-electron chi connectivity index (χ0n) is 15.6. The Labute approximate surface area is 159 Å². The highest BCUT2D eigenvalue weighted by Gasteiger charge is 2.43. The quantitative estimate of drug-likeness (QED) is 0.855. The van der Waals surface area contributed by atoms with Crippen molar-refractivity contribution in [3.63, 3.8) is 0 Å². The molecular formula is C21H27N5O. The molecule has 1 saturated carbocycles. The van der Waals surface area contributed by atoms with Gasteiger partial charge in [0.1, 0.15) is 6.04 Å². The number of hydrogen-bond acceptors (Lipinski definition) is 5. The molecule has 2 saturated heterocycles. The highest BCUT2D eigenvalue weighted by Crippen LogP contribution is 2.33. The Hall–Kier alpha value is -2.05. The Balaban J connectivity index is 1.23. The van der Waals surface area contributed by atoms with Gasteiger partial charge in [-0.1, -0.05) is 12.8 Å². The number of rotatable bonds is 2. The lowest BCUT2D eigenvalue weighted by molar-refractivity contribution is -0.135. The molecule has 0 bridgehead atoms. The summed E-state index contributed by atoms with van der Waals surface area (Å²) in [7, 11) is 0. The van der Waals surface area contributed by atoms with E-state index in [-0.39, 0.29) is 11.9 Å². The molecule has 2 aliphatic heterocycles. The van der Waals surface area contributed by atoms with Gasteiger partial charge < -0.3 is 4.90 Å². The Morgan fingerprint density at radius 1 is 1.04 bits per heavy atom. The van der Waals surface area contributed by atoms with Crippen LogP contribution in [0, 0.1) is 5.92 Å². The predicted octanol–water partition coefficient (Wildman–Crippen LogP) is 2.37. The van der Waals surface area contributed by atoms with Crippen molar-refractivity contribution < 1.29 is 4.79 Å². The van der Waals surface area contributed by atoms with Gasteiger partial charge in [0.2, 0.25) is 5.91 Å². The number of fused-ring (bicyclic) bond motifs is 2. The molecule has 3 fully saturated rings. The molecule has 0 aromatic carbocycles. The van der Waals surface area contributed by atoms with Gasteiger partial charge in [-0.3, -0.25) is 10.2 Å². The van der Waals surface area contributed by atoms with E-state index in [1.165, 1.54) is 19.3 Å². The first kappa shape index (κ1) is 17.1. The van der Waals surface area contributed by atoms with Crippen LogP contribution >= 0.6 is 0 Å². The third kappa shape index (κ3) is 3.21. The van der Waals surface area contributed by atoms with Gasteiger partial charge >= 0.3 is 0 Å². The van der Waals surface area contributed by atoms with Crippen LogP contribution in [0.4, 0.5) is 0 Å². The molecular weight excluding hydrogens is 338 g/mol. The minimum absolute atomic E-state index is 0.0464. The highest BCUT2D eigenvalue weighted by atomic mass is 16.2. The summed E-state index contributed by atoms with van der Waals surface area (Å²) in [6, 6.07) is 8.65. The number of pyridine rings is 2. The van der Waals surface area contributed by atoms with Crippen molar-refractivity contribution in [3.8, 4) is 0 Å². The largest absolute Gasteiger partial charge is 0.341 e. The smallest absolute Gasteiger partial charge is 0.241 e. The van der Waals surface area contributed by atoms with Crippen LogP contribution in [0.15, 0.2) is 30.5 Å². The molecule has 2 aromatic heterocycles. The lowest BCUT2D eigenvalue weighted by Gasteiger charge is -2.35. The Bertz CT molecular complexity index is 832. The zero-order chi connectivity index (χ0) is 18.2. The van der Waals surface area contributed by atoms with Crippen molar-refractivity contribution in [2.24, 2.45) is 5.92 Å². The average Bonchev–Trinajstić information content (AvgIpc) is 3.17. The summed E-state index contributed by atoms with van der Waals surface area (Å²) < 4.78 is 0. The van der Waals surface area contributed by atoms with Gasteiger partial charge in [0.15, 0.2) is 5.65 Å². The van der Waals surface area contributed by atoms with Crippen LogP contribution in [-0.4, -0.2) is 45.9 Å². The molecule has 1 amide bonds. The fourth-order valence-electron chi connectivity index (χ4n) is 5.07. The van der Waals surface area contributed by atoms with Crippen LogP contribution in [0.3, 0.4) is 0 Å². The number of hydrazine groups is 1. The summed E-state index contributed by atoms with van der Waals surface area (Å²) in [5, 5.41) is 1.08. The standard InChI is InChI=1S/C21H27N5O/c27-21(19-16-5-1-2-6-18(16)24-25-19)26-12-9-14(10-13-26)17-8-7-15-4-3-11-22-20(15)23-17/h3-4,7-8,11,14,16,18-19,24-25H,1-2,5-6,9-10,12-13H2. The summed E-state index contributed by atoms with van der Waals surface area (Å²) in [5.41, 5.74) is 8.59. The fourth-order valence-corrected chi connectivity index (χ4v) is 5.07. The van der Waals surface area contributed by atoms with E-state index in [9.17, 15) is 4.79 Å². The Kier molecular flexibility index (Phi) is 4.53. The molecule has 5 rings (SSSR count). The minimum Gasteiger partial charge on any atom is -0.341 e. The Morgan fingerprint density at radius 2 is 1.89 bits per heavy atom. The van der Waals surface area contributed by atoms with Crippen LogP contribution in [0.5, 0.6) is 0 Å². The number of amides is 1. The number of aromatic nitrogens is 2. The number of nitrogens with one attached hydrogen (secondary N) is 2. The van der Waals surface area contributed by atoms with E-state index < -0.39 is 0 Å². The molecule has 2 aromatic rings. The lowest BCUT2D eigenvalue weighted by Crippen LogP contribution is -2.50. The number of nitrogens with zero attached hydrogens (tertiary/aromatic N) is 3. The monoisotopic (exact) mass is 365 g/mol. The Morgan fingerprint density at radius 3 is 2.78 bits per heavy atom. The average molecular weight is 365 g/mol. The fraction of sp³-hybridized carbons (Fsp3) is 0.571. The predicted molar refractivity (Wildman–Crippen MR) is 104 cm³/mol. The number of likely N-dealkylation sites (tertiary alicyclic amines) is 1. The van der Waals surface area contributed by atoms with Crippen molar-refractivity contribution in [3.05, 3.63) is 36.2 Å². The van der Waals surface area contributed by atoms with Gasteiger partial charge in [0.05, 0.1) is 0 Å².